The molecule has 0 radical (unpaired) electrons. The molecule has 1 atom stereocenters. The molecule has 1 aliphatic heterocycles. The average Bonchev–Trinajstić information content (AvgIpc) is 3.54. The molecule has 2 aliphatic rings. The van der Waals surface area contributed by atoms with Gasteiger partial charge in [0.25, 0.3) is 5.91 Å². The van der Waals surface area contributed by atoms with Crippen molar-refractivity contribution >= 4 is 28.1 Å². The standard InChI is InChI=1S/C27H32FN7O2/c1-27(2,37)22-7-6-16-10-21(35(23(16)32-22)13-15-4-5-15)25-31-20-11-18-19(30-24(20)33(25)3)8-9-34(26(18)36)14-17(29)12-28/h6-7,10-11,15,17,37H,4-5,8-9,12-14,29H2,1-3H3/t17-/m1/s1. The van der Waals surface area contributed by atoms with E-state index < -0.39 is 18.3 Å². The Morgan fingerprint density at radius 1 is 1.19 bits per heavy atom. The molecule has 6 rings (SSSR count). The fraction of sp³-hybridized carbons (Fsp3) is 0.481. The molecular formula is C27H32FN7O2. The highest BCUT2D eigenvalue weighted by Gasteiger charge is 2.30. The average molecular weight is 506 g/mol. The molecule has 4 aromatic rings. The number of pyridine rings is 2. The number of aliphatic hydroxyl groups is 1. The predicted octanol–water partition coefficient (Wildman–Crippen LogP) is 2.92. The SMILES string of the molecule is Cn1c(-c2cc3ccc(C(C)(C)O)nc3n2CC2CC2)nc2cc3c(nc21)CCN(C[C@H](N)CF)C3=O. The van der Waals surface area contributed by atoms with E-state index in [4.69, 9.17) is 20.7 Å². The summed E-state index contributed by atoms with van der Waals surface area (Å²) in [6, 6.07) is 7.06. The van der Waals surface area contributed by atoms with Gasteiger partial charge in [0.2, 0.25) is 0 Å². The molecule has 0 unspecified atom stereocenters. The Bertz CT molecular complexity index is 1530. The zero-order chi connectivity index (χ0) is 26.1. The molecule has 194 valence electrons. The van der Waals surface area contributed by atoms with Gasteiger partial charge in [-0.1, -0.05) is 0 Å². The molecule has 37 heavy (non-hydrogen) atoms. The third kappa shape index (κ3) is 4.18. The Labute approximate surface area is 214 Å². The second-order valence-electron chi connectivity index (χ2n) is 11.0. The van der Waals surface area contributed by atoms with Crippen LogP contribution in [0.25, 0.3) is 33.7 Å². The Balaban J connectivity index is 1.46. The minimum absolute atomic E-state index is 0.182. The van der Waals surface area contributed by atoms with Gasteiger partial charge in [-0.2, -0.15) is 0 Å². The first-order valence-electron chi connectivity index (χ1n) is 12.8. The molecule has 9 nitrogen and oxygen atoms in total. The Morgan fingerprint density at radius 3 is 2.68 bits per heavy atom. The first kappa shape index (κ1) is 24.0. The van der Waals surface area contributed by atoms with Crippen LogP contribution in [0.3, 0.4) is 0 Å². The number of halogens is 1. The monoisotopic (exact) mass is 505 g/mol. The molecule has 5 heterocycles. The summed E-state index contributed by atoms with van der Waals surface area (Å²) in [6.07, 6.45) is 2.96. The van der Waals surface area contributed by atoms with Crippen LogP contribution >= 0.6 is 0 Å². The quantitative estimate of drug-likeness (QED) is 0.399. The summed E-state index contributed by atoms with van der Waals surface area (Å²) in [4.78, 5) is 29.3. The van der Waals surface area contributed by atoms with Crippen LogP contribution in [0.5, 0.6) is 0 Å². The van der Waals surface area contributed by atoms with Gasteiger partial charge in [-0.3, -0.25) is 4.79 Å². The Morgan fingerprint density at radius 2 is 1.97 bits per heavy atom. The van der Waals surface area contributed by atoms with Crippen molar-refractivity contribution in [3.63, 3.8) is 0 Å². The van der Waals surface area contributed by atoms with Crippen LogP contribution in [0.4, 0.5) is 4.39 Å². The fourth-order valence-electron chi connectivity index (χ4n) is 5.17. The van der Waals surface area contributed by atoms with Gasteiger partial charge >= 0.3 is 0 Å². The molecule has 4 aromatic heterocycles. The predicted molar refractivity (Wildman–Crippen MR) is 139 cm³/mol. The van der Waals surface area contributed by atoms with E-state index in [1.165, 1.54) is 12.8 Å². The number of aryl methyl sites for hydroxylation is 1. The van der Waals surface area contributed by atoms with Crippen molar-refractivity contribution in [2.24, 2.45) is 18.7 Å². The van der Waals surface area contributed by atoms with E-state index >= 15 is 0 Å². The molecular weight excluding hydrogens is 473 g/mol. The van der Waals surface area contributed by atoms with Gasteiger partial charge in [-0.05, 0) is 56.9 Å². The van der Waals surface area contributed by atoms with Gasteiger partial charge in [0.15, 0.2) is 11.5 Å². The molecule has 1 saturated carbocycles. The van der Waals surface area contributed by atoms with Crippen molar-refractivity contribution in [1.29, 1.82) is 0 Å². The number of alkyl halides is 1. The van der Waals surface area contributed by atoms with E-state index in [1.807, 2.05) is 23.7 Å². The maximum Gasteiger partial charge on any atom is 0.255 e. The van der Waals surface area contributed by atoms with Crippen LogP contribution in [-0.4, -0.2) is 65.8 Å². The summed E-state index contributed by atoms with van der Waals surface area (Å²) in [5, 5.41) is 11.5. The molecule has 0 aromatic carbocycles. The zero-order valence-electron chi connectivity index (χ0n) is 21.4. The van der Waals surface area contributed by atoms with Gasteiger partial charge in [0.1, 0.15) is 23.4 Å². The lowest BCUT2D eigenvalue weighted by atomic mass is 10.0. The summed E-state index contributed by atoms with van der Waals surface area (Å²) in [5.41, 5.74) is 9.68. The van der Waals surface area contributed by atoms with Crippen molar-refractivity contribution in [1.82, 2.24) is 29.0 Å². The molecule has 10 heteroatoms. The van der Waals surface area contributed by atoms with E-state index in [-0.39, 0.29) is 12.5 Å². The highest BCUT2D eigenvalue weighted by atomic mass is 19.1. The second-order valence-corrected chi connectivity index (χ2v) is 11.0. The smallest absolute Gasteiger partial charge is 0.255 e. The maximum atomic E-state index is 13.1. The Kier molecular flexibility index (Phi) is 5.57. The van der Waals surface area contributed by atoms with Gasteiger partial charge in [-0.25, -0.2) is 19.3 Å². The fourth-order valence-corrected chi connectivity index (χ4v) is 5.17. The molecule has 0 saturated heterocycles. The van der Waals surface area contributed by atoms with E-state index in [9.17, 15) is 14.3 Å². The van der Waals surface area contributed by atoms with Crippen molar-refractivity contribution in [2.45, 2.75) is 51.3 Å². The summed E-state index contributed by atoms with van der Waals surface area (Å²) in [6.45, 7) is 4.29. The largest absolute Gasteiger partial charge is 0.384 e. The molecule has 0 bridgehead atoms. The number of aromatic nitrogens is 5. The number of amides is 1. The van der Waals surface area contributed by atoms with E-state index in [2.05, 4.69) is 10.6 Å². The van der Waals surface area contributed by atoms with Gasteiger partial charge in [-0.15, -0.1) is 0 Å². The summed E-state index contributed by atoms with van der Waals surface area (Å²) in [5.74, 6) is 1.16. The summed E-state index contributed by atoms with van der Waals surface area (Å²) < 4.78 is 17.1. The number of carbonyl (C=O) groups excluding carboxylic acids is 1. The first-order valence-corrected chi connectivity index (χ1v) is 12.8. The van der Waals surface area contributed by atoms with Crippen molar-refractivity contribution in [3.05, 3.63) is 41.2 Å². The van der Waals surface area contributed by atoms with Crippen molar-refractivity contribution in [2.75, 3.05) is 19.8 Å². The number of rotatable bonds is 7. The van der Waals surface area contributed by atoms with Gasteiger partial charge < -0.3 is 24.9 Å². The summed E-state index contributed by atoms with van der Waals surface area (Å²) >= 11 is 0. The lowest BCUT2D eigenvalue weighted by molar-refractivity contribution is 0.0721. The molecule has 0 spiro atoms. The number of hydrogen-bond donors (Lipinski definition) is 2. The topological polar surface area (TPSA) is 115 Å². The first-order chi connectivity index (χ1) is 17.6. The minimum atomic E-state index is -1.04. The third-order valence-electron chi connectivity index (χ3n) is 7.45. The molecule has 1 amide bonds. The normalized spacial score (nSPS) is 17.1. The molecule has 1 aliphatic carbocycles. The number of nitrogens with zero attached hydrogens (tertiary/aromatic N) is 6. The molecule has 3 N–H and O–H groups in total. The minimum Gasteiger partial charge on any atom is -0.384 e. The van der Waals surface area contributed by atoms with Crippen LogP contribution < -0.4 is 5.73 Å². The van der Waals surface area contributed by atoms with Crippen molar-refractivity contribution < 1.29 is 14.3 Å². The van der Waals surface area contributed by atoms with Crippen LogP contribution in [-0.2, 0) is 25.6 Å². The molecule has 1 fully saturated rings. The van der Waals surface area contributed by atoms with Crippen LogP contribution in [0, 0.1) is 5.92 Å². The highest BCUT2D eigenvalue weighted by molar-refractivity contribution is 5.99. The number of carbonyl (C=O) groups is 1. The maximum absolute atomic E-state index is 13.1. The van der Waals surface area contributed by atoms with Crippen molar-refractivity contribution in [3.8, 4) is 11.5 Å². The van der Waals surface area contributed by atoms with Gasteiger partial charge in [0, 0.05) is 38.5 Å². The van der Waals surface area contributed by atoms with Crippen LogP contribution in [0.15, 0.2) is 24.3 Å². The lowest BCUT2D eigenvalue weighted by Crippen LogP contribution is -2.45. The number of hydrogen-bond acceptors (Lipinski definition) is 6. The van der Waals surface area contributed by atoms with E-state index in [0.717, 1.165) is 34.8 Å². The lowest BCUT2D eigenvalue weighted by Gasteiger charge is -2.29. The van der Waals surface area contributed by atoms with E-state index in [0.29, 0.717) is 41.3 Å². The summed E-state index contributed by atoms with van der Waals surface area (Å²) in [7, 11) is 1.94. The van der Waals surface area contributed by atoms with E-state index in [1.54, 1.807) is 24.8 Å². The van der Waals surface area contributed by atoms with Gasteiger partial charge in [0.05, 0.1) is 28.7 Å². The van der Waals surface area contributed by atoms with Crippen LogP contribution in [0.2, 0.25) is 0 Å². The third-order valence-corrected chi connectivity index (χ3v) is 7.45. The Hall–Kier alpha value is -3.37. The second kappa shape index (κ2) is 8.59. The number of imidazole rings is 1. The van der Waals surface area contributed by atoms with Crippen LogP contribution in [0.1, 0.15) is 48.4 Å². The highest BCUT2D eigenvalue weighted by Crippen LogP contribution is 2.36. The zero-order valence-corrected chi connectivity index (χ0v) is 21.4. The number of nitrogens with two attached hydrogens (primary N) is 1. The number of fused-ring (bicyclic) bond motifs is 3.